The summed E-state index contributed by atoms with van der Waals surface area (Å²) in [4.78, 5) is 47.4. The summed E-state index contributed by atoms with van der Waals surface area (Å²) in [6, 6.07) is 15.9. The van der Waals surface area contributed by atoms with Crippen LogP contribution in [0.15, 0.2) is 65.3 Å². The molecule has 1 aliphatic heterocycles. The predicted octanol–water partition coefficient (Wildman–Crippen LogP) is 4.74. The first kappa shape index (κ1) is 24.0. The van der Waals surface area contributed by atoms with Crippen LogP contribution in [0.25, 0.3) is 21.5 Å². The van der Waals surface area contributed by atoms with Crippen LogP contribution in [0.1, 0.15) is 27.8 Å². The first-order valence-corrected chi connectivity index (χ1v) is 12.6. The lowest BCUT2D eigenvalue weighted by atomic mass is 10.1. The van der Waals surface area contributed by atoms with E-state index in [1.54, 1.807) is 47.1 Å². The summed E-state index contributed by atoms with van der Waals surface area (Å²) in [6.45, 7) is 2.98. The molecular formula is C26H22ClN3O5S. The molecule has 0 spiro atoms. The van der Waals surface area contributed by atoms with Gasteiger partial charge in [-0.2, -0.15) is 0 Å². The topological polar surface area (TPSA) is 93.0 Å². The Labute approximate surface area is 216 Å². The van der Waals surface area contributed by atoms with E-state index in [1.165, 1.54) is 17.6 Å². The highest BCUT2D eigenvalue weighted by Crippen LogP contribution is 2.32. The average molecular weight is 524 g/mol. The minimum absolute atomic E-state index is 0.209. The molecule has 1 aliphatic rings. The molecule has 1 atom stereocenters. The van der Waals surface area contributed by atoms with E-state index in [9.17, 15) is 14.4 Å². The van der Waals surface area contributed by atoms with Gasteiger partial charge < -0.3 is 19.0 Å². The van der Waals surface area contributed by atoms with E-state index in [0.29, 0.717) is 52.7 Å². The number of rotatable bonds is 5. The number of hydrogen-bond acceptors (Lipinski definition) is 7. The van der Waals surface area contributed by atoms with Gasteiger partial charge in [0.05, 0.1) is 32.3 Å². The molecule has 0 N–H and O–H groups in total. The van der Waals surface area contributed by atoms with E-state index in [0.717, 1.165) is 4.88 Å². The van der Waals surface area contributed by atoms with Gasteiger partial charge >= 0.3 is 5.97 Å². The third-order valence-corrected chi connectivity index (χ3v) is 7.26. The Bertz CT molecular complexity index is 1430. The highest BCUT2D eigenvalue weighted by molar-refractivity contribution is 7.19. The Morgan fingerprint density at radius 3 is 2.47 bits per heavy atom. The van der Waals surface area contributed by atoms with Gasteiger partial charge in [-0.05, 0) is 43.3 Å². The molecule has 1 fully saturated rings. The number of piperazine rings is 1. The largest absolute Gasteiger partial charge is 0.459 e. The molecule has 1 saturated heterocycles. The summed E-state index contributed by atoms with van der Waals surface area (Å²) in [6.07, 6.45) is 0.463. The first-order chi connectivity index (χ1) is 17.4. The number of carbonyl (C=O) groups excluding carboxylic acids is 3. The zero-order valence-electron chi connectivity index (χ0n) is 19.3. The van der Waals surface area contributed by atoms with E-state index in [2.05, 4.69) is 4.98 Å². The summed E-state index contributed by atoms with van der Waals surface area (Å²) < 4.78 is 11.4. The maximum absolute atomic E-state index is 13.2. The Hall–Kier alpha value is -3.69. The first-order valence-electron chi connectivity index (χ1n) is 11.4. The molecule has 0 aliphatic carbocycles. The molecule has 36 heavy (non-hydrogen) atoms. The van der Waals surface area contributed by atoms with Gasteiger partial charge in [0.25, 0.3) is 11.8 Å². The van der Waals surface area contributed by atoms with Gasteiger partial charge in [0.1, 0.15) is 0 Å². The fraction of sp³-hybridized carbons (Fsp3) is 0.231. The molecule has 5 rings (SSSR count). The van der Waals surface area contributed by atoms with Crippen LogP contribution in [0.5, 0.6) is 0 Å². The third kappa shape index (κ3) is 4.84. The smallest absolute Gasteiger partial charge is 0.339 e. The van der Waals surface area contributed by atoms with Gasteiger partial charge in [0.2, 0.25) is 0 Å². The second-order valence-corrected chi connectivity index (χ2v) is 10.0. The maximum atomic E-state index is 13.2. The monoisotopic (exact) mass is 523 g/mol. The number of aromatic nitrogens is 1. The molecule has 0 unspecified atom stereocenters. The second kappa shape index (κ2) is 10.1. The van der Waals surface area contributed by atoms with Gasteiger partial charge in [-0.1, -0.05) is 29.8 Å². The van der Waals surface area contributed by atoms with Gasteiger partial charge in [-0.15, -0.1) is 11.3 Å². The average Bonchev–Trinajstić information content (AvgIpc) is 3.59. The van der Waals surface area contributed by atoms with Crippen LogP contribution in [0, 0.1) is 0 Å². The Balaban J connectivity index is 1.28. The summed E-state index contributed by atoms with van der Waals surface area (Å²) >= 11 is 7.46. The van der Waals surface area contributed by atoms with Crippen molar-refractivity contribution in [2.24, 2.45) is 0 Å². The molecule has 3 aromatic heterocycles. The van der Waals surface area contributed by atoms with Crippen LogP contribution in [0.2, 0.25) is 4.34 Å². The number of nitrogens with zero attached hydrogens (tertiary/aromatic N) is 3. The number of thiophene rings is 1. The number of ether oxygens (including phenoxy) is 1. The van der Waals surface area contributed by atoms with Crippen molar-refractivity contribution >= 4 is 51.6 Å². The Morgan fingerprint density at radius 1 is 1.03 bits per heavy atom. The summed E-state index contributed by atoms with van der Waals surface area (Å²) in [5.74, 6) is -0.855. The highest BCUT2D eigenvalue weighted by Gasteiger charge is 2.30. The van der Waals surface area contributed by atoms with Crippen molar-refractivity contribution in [1.29, 1.82) is 0 Å². The normalized spacial score (nSPS) is 14.6. The van der Waals surface area contributed by atoms with Crippen LogP contribution in [0.4, 0.5) is 0 Å². The molecule has 0 saturated carbocycles. The van der Waals surface area contributed by atoms with E-state index >= 15 is 0 Å². The Kier molecular flexibility index (Phi) is 6.75. The van der Waals surface area contributed by atoms with Crippen LogP contribution < -0.4 is 0 Å². The van der Waals surface area contributed by atoms with E-state index in [1.807, 2.05) is 24.3 Å². The molecule has 2 amide bonds. The van der Waals surface area contributed by atoms with Crippen LogP contribution in [-0.4, -0.2) is 64.9 Å². The van der Waals surface area contributed by atoms with Crippen molar-refractivity contribution in [3.8, 4) is 10.6 Å². The molecule has 1 aromatic carbocycles. The lowest BCUT2D eigenvalue weighted by molar-refractivity contribution is -0.141. The molecule has 184 valence electrons. The number of hydrogen-bond donors (Lipinski definition) is 0. The number of fused-ring (bicyclic) bond motifs is 1. The van der Waals surface area contributed by atoms with E-state index in [-0.39, 0.29) is 17.6 Å². The van der Waals surface area contributed by atoms with Gasteiger partial charge in [-0.3, -0.25) is 9.59 Å². The fourth-order valence-corrected chi connectivity index (χ4v) is 5.14. The lowest BCUT2D eigenvalue weighted by Crippen LogP contribution is -2.53. The van der Waals surface area contributed by atoms with Gasteiger partial charge in [-0.25, -0.2) is 9.78 Å². The standard InChI is InChI=1S/C26H22ClN3O5S/c1-16(24(31)29-10-12-30(13-11-29)25(32)21-7-4-14-34-21)35-26(33)18-15-20(22-8-9-23(27)36-22)28-19-6-3-2-5-17(18)19/h2-9,14-16H,10-13H2,1H3/t16-/m0/s1. The number of benzene rings is 1. The second-order valence-electron chi connectivity index (χ2n) is 8.32. The molecule has 0 bridgehead atoms. The number of furan rings is 1. The molecule has 4 heterocycles. The quantitative estimate of drug-likeness (QED) is 0.351. The summed E-state index contributed by atoms with van der Waals surface area (Å²) in [5, 5.41) is 0.638. The van der Waals surface area contributed by atoms with E-state index in [4.69, 9.17) is 20.8 Å². The number of pyridine rings is 1. The SMILES string of the molecule is C[C@H](OC(=O)c1cc(-c2ccc(Cl)s2)nc2ccccc12)C(=O)N1CCN(C(=O)c2ccco2)CC1. The van der Waals surface area contributed by atoms with Crippen molar-refractivity contribution in [2.45, 2.75) is 13.0 Å². The number of amides is 2. The zero-order chi connectivity index (χ0) is 25.2. The maximum Gasteiger partial charge on any atom is 0.339 e. The fourth-order valence-electron chi connectivity index (χ4n) is 4.14. The van der Waals surface area contributed by atoms with Crippen molar-refractivity contribution in [1.82, 2.24) is 14.8 Å². The molecule has 10 heteroatoms. The van der Waals surface area contributed by atoms with Gasteiger partial charge in [0, 0.05) is 31.6 Å². The highest BCUT2D eigenvalue weighted by atomic mass is 35.5. The zero-order valence-corrected chi connectivity index (χ0v) is 20.9. The van der Waals surface area contributed by atoms with Crippen molar-refractivity contribution in [3.63, 3.8) is 0 Å². The third-order valence-electron chi connectivity index (χ3n) is 6.00. The molecular weight excluding hydrogens is 502 g/mol. The van der Waals surface area contributed by atoms with Crippen molar-refractivity contribution in [2.75, 3.05) is 26.2 Å². The van der Waals surface area contributed by atoms with Gasteiger partial charge in [0.15, 0.2) is 11.9 Å². The molecule has 0 radical (unpaired) electrons. The van der Waals surface area contributed by atoms with Crippen LogP contribution >= 0.6 is 22.9 Å². The minimum Gasteiger partial charge on any atom is -0.459 e. The molecule has 8 nitrogen and oxygen atoms in total. The summed E-state index contributed by atoms with van der Waals surface area (Å²) in [7, 11) is 0. The van der Waals surface area contributed by atoms with Crippen molar-refractivity contribution < 1.29 is 23.5 Å². The Morgan fingerprint density at radius 2 is 1.78 bits per heavy atom. The number of carbonyl (C=O) groups is 3. The van der Waals surface area contributed by atoms with Crippen molar-refractivity contribution in [3.05, 3.63) is 76.5 Å². The molecule has 4 aromatic rings. The lowest BCUT2D eigenvalue weighted by Gasteiger charge is -2.35. The van der Waals surface area contributed by atoms with Crippen LogP contribution in [-0.2, 0) is 9.53 Å². The summed E-state index contributed by atoms with van der Waals surface area (Å²) in [5.41, 5.74) is 1.57. The van der Waals surface area contributed by atoms with Crippen LogP contribution in [0.3, 0.4) is 0 Å². The number of para-hydroxylation sites is 1. The minimum atomic E-state index is -0.989. The number of halogens is 1. The predicted molar refractivity (Wildman–Crippen MR) is 136 cm³/mol. The van der Waals surface area contributed by atoms with E-state index < -0.39 is 12.1 Å². The number of esters is 1.